The van der Waals surface area contributed by atoms with E-state index in [1.54, 1.807) is 12.2 Å². The van der Waals surface area contributed by atoms with E-state index in [-0.39, 0.29) is 50.4 Å². The van der Waals surface area contributed by atoms with Crippen molar-refractivity contribution in [3.05, 3.63) is 78.4 Å². The molecular weight excluding hydrogens is 694 g/mol. The van der Waals surface area contributed by atoms with Crippen LogP contribution < -0.4 is 37.6 Å². The fourth-order valence-electron chi connectivity index (χ4n) is 6.29. The predicted octanol–water partition coefficient (Wildman–Crippen LogP) is 0.561. The highest BCUT2D eigenvalue weighted by atomic mass is 16.2. The topological polar surface area (TPSA) is 243 Å². The Morgan fingerprint density at radius 1 is 0.815 bits per heavy atom. The Balaban J connectivity index is 1.58. The molecule has 8 N–H and O–H groups in total. The Morgan fingerprint density at radius 3 is 2.22 bits per heavy atom. The summed E-state index contributed by atoms with van der Waals surface area (Å²) >= 11 is 0. The highest BCUT2D eigenvalue weighted by Crippen LogP contribution is 2.27. The van der Waals surface area contributed by atoms with Crippen LogP contribution in [0.25, 0.3) is 6.08 Å². The van der Waals surface area contributed by atoms with Crippen molar-refractivity contribution in [2.45, 2.75) is 88.4 Å². The molecule has 1 saturated carbocycles. The number of carbonyl (C=O) groups is 7. The van der Waals surface area contributed by atoms with Gasteiger partial charge in [-0.2, -0.15) is 0 Å². The molecule has 16 nitrogen and oxygen atoms in total. The quantitative estimate of drug-likeness (QED) is 0.159. The Morgan fingerprint density at radius 2 is 1.52 bits per heavy atom. The van der Waals surface area contributed by atoms with Crippen molar-refractivity contribution in [1.29, 1.82) is 0 Å². The van der Waals surface area contributed by atoms with Gasteiger partial charge < -0.3 is 37.6 Å². The standard InChI is InChI=1S/C38H49N9O7/c39-34(50)27-18-20-43-35(51)28(15-8-19-42-36(52)31-24-40-21-22-41-31)46-38(54)30(23-26-11-5-2-6-12-26)47-37(53)29(45-33(49)17-16-32(48)44-27)14-7-13-25-9-3-1-4-10-25/h1,3-4,7,9-10,13,16-17,21-22,24,26-30H,2,5-6,8,11-12,14-15,18-20,23H2,(H2,39,50)(H,42,52)(H,43,51)(H,44,48)(H,45,49)(H,46,54)(H,47,53)/b13-7-,17-16-/t27-,28-,29-,30-/m0/s1. The van der Waals surface area contributed by atoms with Crippen LogP contribution in [0.4, 0.5) is 0 Å². The Bertz CT molecular complexity index is 1660. The van der Waals surface area contributed by atoms with Gasteiger partial charge in [0.25, 0.3) is 5.91 Å². The summed E-state index contributed by atoms with van der Waals surface area (Å²) in [4.78, 5) is 99.6. The molecule has 0 radical (unpaired) electrons. The van der Waals surface area contributed by atoms with Crippen molar-refractivity contribution in [2.75, 3.05) is 13.1 Å². The van der Waals surface area contributed by atoms with Crippen molar-refractivity contribution in [3.63, 3.8) is 0 Å². The first-order valence-electron chi connectivity index (χ1n) is 18.3. The predicted molar refractivity (Wildman–Crippen MR) is 199 cm³/mol. The molecule has 0 saturated heterocycles. The maximum absolute atomic E-state index is 14.0. The van der Waals surface area contributed by atoms with E-state index in [4.69, 9.17) is 5.73 Å². The number of benzene rings is 1. The average molecular weight is 744 g/mol. The van der Waals surface area contributed by atoms with E-state index in [9.17, 15) is 33.6 Å². The van der Waals surface area contributed by atoms with Gasteiger partial charge in [0.1, 0.15) is 29.9 Å². The van der Waals surface area contributed by atoms with Gasteiger partial charge in [-0.25, -0.2) is 4.98 Å². The minimum Gasteiger partial charge on any atom is -0.368 e. The zero-order valence-electron chi connectivity index (χ0n) is 30.1. The van der Waals surface area contributed by atoms with Crippen LogP contribution >= 0.6 is 0 Å². The summed E-state index contributed by atoms with van der Waals surface area (Å²) in [5.74, 6) is -4.47. The third-order valence-corrected chi connectivity index (χ3v) is 9.20. The van der Waals surface area contributed by atoms with Crippen molar-refractivity contribution >= 4 is 47.4 Å². The smallest absolute Gasteiger partial charge is 0.271 e. The summed E-state index contributed by atoms with van der Waals surface area (Å²) in [6.07, 6.45) is 15.0. The van der Waals surface area contributed by atoms with E-state index in [1.165, 1.54) is 18.6 Å². The van der Waals surface area contributed by atoms with Crippen molar-refractivity contribution < 1.29 is 33.6 Å². The summed E-state index contributed by atoms with van der Waals surface area (Å²) in [5.41, 5.74) is 6.49. The normalized spacial score (nSPS) is 23.1. The first-order chi connectivity index (χ1) is 26.1. The third kappa shape index (κ3) is 13.9. The summed E-state index contributed by atoms with van der Waals surface area (Å²) < 4.78 is 0. The largest absolute Gasteiger partial charge is 0.368 e. The van der Waals surface area contributed by atoms with E-state index in [2.05, 4.69) is 41.9 Å². The second kappa shape index (κ2) is 21.6. The lowest BCUT2D eigenvalue weighted by atomic mass is 9.84. The number of rotatable bonds is 11. The van der Waals surface area contributed by atoms with Gasteiger partial charge in [0, 0.05) is 37.6 Å². The summed E-state index contributed by atoms with van der Waals surface area (Å²) in [6.45, 7) is 0.0611. The molecular formula is C38H49N9O7. The number of primary amides is 1. The van der Waals surface area contributed by atoms with Gasteiger partial charge in [-0.05, 0) is 43.6 Å². The summed E-state index contributed by atoms with van der Waals surface area (Å²) in [6, 6.07) is 4.90. The number of amides is 7. The van der Waals surface area contributed by atoms with Crippen LogP contribution in [0.15, 0.2) is 67.2 Å². The maximum Gasteiger partial charge on any atom is 0.271 e. The highest BCUT2D eigenvalue weighted by molar-refractivity contribution is 6.00. The van der Waals surface area contributed by atoms with Gasteiger partial charge in [-0.1, -0.05) is 74.6 Å². The minimum absolute atomic E-state index is 0.0549. The molecule has 0 bridgehead atoms. The van der Waals surface area contributed by atoms with Gasteiger partial charge in [-0.3, -0.25) is 38.5 Å². The van der Waals surface area contributed by atoms with E-state index < -0.39 is 65.5 Å². The second-order valence-electron chi connectivity index (χ2n) is 13.3. The van der Waals surface area contributed by atoms with E-state index in [0.717, 1.165) is 49.8 Å². The highest BCUT2D eigenvalue weighted by Gasteiger charge is 2.32. The van der Waals surface area contributed by atoms with Crippen LogP contribution in [0.3, 0.4) is 0 Å². The van der Waals surface area contributed by atoms with Crippen molar-refractivity contribution in [1.82, 2.24) is 41.9 Å². The number of hydrogen-bond acceptors (Lipinski definition) is 9. The zero-order chi connectivity index (χ0) is 38.7. The summed E-state index contributed by atoms with van der Waals surface area (Å²) in [7, 11) is 0. The SMILES string of the molecule is NC(=O)[C@@H]1CCNC(=O)[C@H](CCCNC(=O)c2cnccn2)NC(=O)[C@H](CC2CCCCC2)NC(=O)[C@H](C/C=C\c2ccccc2)NC(=O)/C=C\C(=O)N1. The average Bonchev–Trinajstić information content (AvgIpc) is 3.17. The molecule has 4 rings (SSSR count). The van der Waals surface area contributed by atoms with Gasteiger partial charge >= 0.3 is 0 Å². The molecule has 1 fully saturated rings. The van der Waals surface area contributed by atoms with E-state index in [0.29, 0.717) is 6.42 Å². The molecule has 1 aliphatic carbocycles. The lowest BCUT2D eigenvalue weighted by Crippen LogP contribution is -2.57. The number of aromatic nitrogens is 2. The lowest BCUT2D eigenvalue weighted by molar-refractivity contribution is -0.133. The van der Waals surface area contributed by atoms with E-state index >= 15 is 0 Å². The molecule has 4 atom stereocenters. The van der Waals surface area contributed by atoms with Crippen LogP contribution in [-0.4, -0.2) is 88.6 Å². The number of nitrogens with zero attached hydrogens (tertiary/aromatic N) is 2. The van der Waals surface area contributed by atoms with Gasteiger partial charge in [0.2, 0.25) is 35.4 Å². The van der Waals surface area contributed by atoms with Crippen molar-refractivity contribution in [2.24, 2.45) is 11.7 Å². The molecule has 288 valence electrons. The molecule has 0 spiro atoms. The second-order valence-corrected chi connectivity index (χ2v) is 13.3. The number of nitrogens with two attached hydrogens (primary N) is 1. The molecule has 2 aliphatic rings. The number of carbonyl (C=O) groups excluding carboxylic acids is 7. The molecule has 1 aromatic carbocycles. The number of hydrogen-bond donors (Lipinski definition) is 7. The summed E-state index contributed by atoms with van der Waals surface area (Å²) in [5, 5.41) is 16.1. The van der Waals surface area contributed by atoms with E-state index in [1.807, 2.05) is 30.3 Å². The van der Waals surface area contributed by atoms with Crippen LogP contribution in [-0.2, 0) is 28.8 Å². The number of nitrogens with one attached hydrogen (secondary N) is 6. The molecule has 1 aliphatic heterocycles. The Kier molecular flexibility index (Phi) is 16.3. The molecule has 2 aromatic rings. The fraction of sp³-hybridized carbons (Fsp3) is 0.447. The lowest BCUT2D eigenvalue weighted by Gasteiger charge is -2.29. The molecule has 1 aromatic heterocycles. The van der Waals surface area contributed by atoms with Gasteiger partial charge in [-0.15, -0.1) is 0 Å². The molecule has 54 heavy (non-hydrogen) atoms. The fourth-order valence-corrected chi connectivity index (χ4v) is 6.29. The van der Waals surface area contributed by atoms with Crippen LogP contribution in [0.2, 0.25) is 0 Å². The molecule has 16 heteroatoms. The first kappa shape index (κ1) is 40.8. The molecule has 2 heterocycles. The third-order valence-electron chi connectivity index (χ3n) is 9.20. The monoisotopic (exact) mass is 743 g/mol. The van der Waals surface area contributed by atoms with Gasteiger partial charge in [0.05, 0.1) is 6.20 Å². The molecule has 0 unspecified atom stereocenters. The van der Waals surface area contributed by atoms with Crippen LogP contribution in [0, 0.1) is 5.92 Å². The first-order valence-corrected chi connectivity index (χ1v) is 18.3. The minimum atomic E-state index is -1.18. The Labute approximate surface area is 314 Å². The Hall–Kier alpha value is -5.93. The van der Waals surface area contributed by atoms with Crippen LogP contribution in [0.1, 0.15) is 80.3 Å². The van der Waals surface area contributed by atoms with Crippen molar-refractivity contribution in [3.8, 4) is 0 Å². The van der Waals surface area contributed by atoms with Crippen LogP contribution in [0.5, 0.6) is 0 Å². The molecule has 7 amide bonds. The zero-order valence-corrected chi connectivity index (χ0v) is 30.1. The van der Waals surface area contributed by atoms with Gasteiger partial charge in [0.15, 0.2) is 0 Å². The maximum atomic E-state index is 14.0.